The number of aryl methyl sites for hydroxylation is 1. The fourth-order valence-corrected chi connectivity index (χ4v) is 6.03. The summed E-state index contributed by atoms with van der Waals surface area (Å²) in [5.41, 5.74) is 2.07. The molecule has 3 aromatic rings. The molecule has 0 atom stereocenters. The molecular formula is C25H24ClF2N3O4S2. The van der Waals surface area contributed by atoms with Crippen LogP contribution in [0.2, 0.25) is 5.02 Å². The van der Waals surface area contributed by atoms with Crippen LogP contribution >= 0.6 is 22.9 Å². The van der Waals surface area contributed by atoms with E-state index in [1.807, 2.05) is 6.92 Å². The summed E-state index contributed by atoms with van der Waals surface area (Å²) < 4.78 is 56.9. The Hall–Kier alpha value is -2.76. The molecule has 2 fully saturated rings. The highest BCUT2D eigenvalue weighted by atomic mass is 35.5. The van der Waals surface area contributed by atoms with Crippen molar-refractivity contribution in [2.24, 2.45) is 0 Å². The van der Waals surface area contributed by atoms with E-state index in [2.05, 4.69) is 10.3 Å². The summed E-state index contributed by atoms with van der Waals surface area (Å²) in [5, 5.41) is 2.89. The minimum atomic E-state index is -3.51. The zero-order chi connectivity index (χ0) is 26.5. The maximum Gasteiger partial charge on any atom is 0.282 e. The number of carbonyl (C=O) groups excluding carboxylic acids is 1. The van der Waals surface area contributed by atoms with Gasteiger partial charge < -0.3 is 15.0 Å². The van der Waals surface area contributed by atoms with Crippen LogP contribution in [-0.4, -0.2) is 50.7 Å². The molecule has 196 valence electrons. The lowest BCUT2D eigenvalue weighted by Crippen LogP contribution is -2.56. The molecule has 0 unspecified atom stereocenters. The van der Waals surface area contributed by atoms with Crippen LogP contribution in [0, 0.1) is 6.92 Å². The first-order chi connectivity index (χ1) is 17.4. The minimum Gasteiger partial charge on any atom is -0.488 e. The molecule has 1 N–H and O–H groups in total. The van der Waals surface area contributed by atoms with E-state index in [4.69, 9.17) is 16.3 Å². The first kappa shape index (κ1) is 25.9. The lowest BCUT2D eigenvalue weighted by atomic mass is 9.96. The van der Waals surface area contributed by atoms with E-state index in [-0.39, 0.29) is 34.8 Å². The molecular weight excluding hydrogens is 544 g/mol. The van der Waals surface area contributed by atoms with Gasteiger partial charge >= 0.3 is 0 Å². The molecule has 0 bridgehead atoms. The normalized spacial score (nSPS) is 17.2. The minimum absolute atomic E-state index is 0.000360. The SMILES string of the molecule is Cc1sc(C(=O)Nc2cc(Cl)cc(S(C)(=O)=O)c2)cc1-c1ncc(N2CC(F)(F)C2)cc1OC1CCC1. The van der Waals surface area contributed by atoms with Crippen molar-refractivity contribution in [3.63, 3.8) is 0 Å². The standard InChI is InChI=1S/C25H24ClF2N3O4S2/c1-14-20(10-22(36-14)24(32)30-16-6-15(26)7-19(8-16)37(2,33)34)23-21(35-18-4-3-5-18)9-17(11-29-23)31-12-25(27,28)13-31/h6-11,18H,3-5,12-13H2,1-2H3,(H,30,32). The topological polar surface area (TPSA) is 88.6 Å². The van der Waals surface area contributed by atoms with Crippen LogP contribution < -0.4 is 15.0 Å². The Labute approximate surface area is 222 Å². The van der Waals surface area contributed by atoms with E-state index in [0.717, 1.165) is 30.4 Å². The zero-order valence-electron chi connectivity index (χ0n) is 20.1. The zero-order valence-corrected chi connectivity index (χ0v) is 22.4. The second-order valence-electron chi connectivity index (χ2n) is 9.41. The van der Waals surface area contributed by atoms with Crippen molar-refractivity contribution in [3.05, 3.63) is 51.3 Å². The van der Waals surface area contributed by atoms with E-state index >= 15 is 0 Å². The predicted molar refractivity (Wildman–Crippen MR) is 140 cm³/mol. The number of anilines is 2. The number of pyridine rings is 1. The van der Waals surface area contributed by atoms with Crippen molar-refractivity contribution in [1.29, 1.82) is 0 Å². The van der Waals surface area contributed by atoms with E-state index in [0.29, 0.717) is 27.6 Å². The number of aromatic nitrogens is 1. The molecule has 0 radical (unpaired) electrons. The van der Waals surface area contributed by atoms with Gasteiger partial charge in [0.05, 0.1) is 40.9 Å². The summed E-state index contributed by atoms with van der Waals surface area (Å²) in [4.78, 5) is 20.3. The average Bonchev–Trinajstić information content (AvgIpc) is 3.15. The van der Waals surface area contributed by atoms with Crippen molar-refractivity contribution in [3.8, 4) is 17.0 Å². The number of alkyl halides is 2. The van der Waals surface area contributed by atoms with Gasteiger partial charge in [0.15, 0.2) is 9.84 Å². The number of halogens is 3. The molecule has 0 spiro atoms. The van der Waals surface area contributed by atoms with Gasteiger partial charge in [-0.25, -0.2) is 17.2 Å². The monoisotopic (exact) mass is 567 g/mol. The summed E-state index contributed by atoms with van der Waals surface area (Å²) in [6.45, 7) is 1.14. The number of ether oxygens (including phenoxy) is 1. The molecule has 1 aliphatic heterocycles. The smallest absolute Gasteiger partial charge is 0.282 e. The summed E-state index contributed by atoms with van der Waals surface area (Å²) in [6.07, 6.45) is 5.55. The largest absolute Gasteiger partial charge is 0.488 e. The van der Waals surface area contributed by atoms with Crippen LogP contribution in [0.4, 0.5) is 20.2 Å². The molecule has 3 heterocycles. The van der Waals surface area contributed by atoms with Gasteiger partial charge in [0, 0.05) is 33.5 Å². The quantitative estimate of drug-likeness (QED) is 0.387. The maximum atomic E-state index is 13.4. The Morgan fingerprint density at radius 2 is 1.95 bits per heavy atom. The highest BCUT2D eigenvalue weighted by molar-refractivity contribution is 7.90. The fraction of sp³-hybridized carbons (Fsp3) is 0.360. The number of hydrogen-bond acceptors (Lipinski definition) is 7. The molecule has 1 saturated heterocycles. The second kappa shape index (κ2) is 9.52. The number of sulfone groups is 1. The Bertz CT molecular complexity index is 1480. The molecule has 12 heteroatoms. The van der Waals surface area contributed by atoms with Crippen molar-refractivity contribution in [2.45, 2.75) is 43.1 Å². The first-order valence-corrected chi connectivity index (χ1v) is 14.7. The van der Waals surface area contributed by atoms with Crippen molar-refractivity contribution in [1.82, 2.24) is 4.98 Å². The Morgan fingerprint density at radius 1 is 1.22 bits per heavy atom. The number of thiophene rings is 1. The van der Waals surface area contributed by atoms with Crippen LogP contribution in [0.3, 0.4) is 0 Å². The van der Waals surface area contributed by atoms with Gasteiger partial charge in [0.1, 0.15) is 11.4 Å². The number of hydrogen-bond donors (Lipinski definition) is 1. The summed E-state index contributed by atoms with van der Waals surface area (Å²) in [7, 11) is -3.51. The number of benzene rings is 1. The van der Waals surface area contributed by atoms with Crippen LogP contribution in [0.1, 0.15) is 33.8 Å². The van der Waals surface area contributed by atoms with Crippen molar-refractivity contribution in [2.75, 3.05) is 29.6 Å². The Morgan fingerprint density at radius 3 is 2.57 bits per heavy atom. The van der Waals surface area contributed by atoms with E-state index in [1.54, 1.807) is 23.2 Å². The molecule has 2 aromatic heterocycles. The molecule has 1 aliphatic carbocycles. The molecule has 1 aromatic carbocycles. The number of amides is 1. The molecule has 1 amide bonds. The third kappa shape index (κ3) is 5.58. The predicted octanol–water partition coefficient (Wildman–Crippen LogP) is 5.81. The fourth-order valence-electron chi connectivity index (χ4n) is 4.13. The van der Waals surface area contributed by atoms with Gasteiger partial charge in [0.2, 0.25) is 0 Å². The molecule has 5 rings (SSSR count). The third-order valence-electron chi connectivity index (χ3n) is 6.35. The first-order valence-electron chi connectivity index (χ1n) is 11.6. The number of nitrogens with one attached hydrogen (secondary N) is 1. The molecule has 7 nitrogen and oxygen atoms in total. The number of carbonyl (C=O) groups is 1. The van der Waals surface area contributed by atoms with Gasteiger partial charge in [0.25, 0.3) is 11.8 Å². The summed E-state index contributed by atoms with van der Waals surface area (Å²) in [5.74, 6) is -2.63. The Balaban J connectivity index is 1.42. The van der Waals surface area contributed by atoms with Gasteiger partial charge in [-0.2, -0.15) is 0 Å². The van der Waals surface area contributed by atoms with Gasteiger partial charge in [-0.15, -0.1) is 11.3 Å². The summed E-state index contributed by atoms with van der Waals surface area (Å²) >= 11 is 7.31. The van der Waals surface area contributed by atoms with Gasteiger partial charge in [-0.1, -0.05) is 11.6 Å². The van der Waals surface area contributed by atoms with Crippen LogP contribution in [0.15, 0.2) is 41.4 Å². The molecule has 2 aliphatic rings. The van der Waals surface area contributed by atoms with Crippen LogP contribution in [-0.2, 0) is 9.84 Å². The van der Waals surface area contributed by atoms with E-state index in [1.165, 1.54) is 29.5 Å². The van der Waals surface area contributed by atoms with E-state index < -0.39 is 21.7 Å². The number of nitrogens with zero attached hydrogens (tertiary/aromatic N) is 2. The molecule has 37 heavy (non-hydrogen) atoms. The van der Waals surface area contributed by atoms with E-state index in [9.17, 15) is 22.0 Å². The van der Waals surface area contributed by atoms with Crippen LogP contribution in [0.5, 0.6) is 5.75 Å². The third-order valence-corrected chi connectivity index (χ3v) is 8.71. The van der Waals surface area contributed by atoms with Crippen LogP contribution in [0.25, 0.3) is 11.3 Å². The highest BCUT2D eigenvalue weighted by Crippen LogP contribution is 2.41. The van der Waals surface area contributed by atoms with Crippen molar-refractivity contribution >= 4 is 50.1 Å². The van der Waals surface area contributed by atoms with Gasteiger partial charge in [-0.05, 0) is 50.5 Å². The van der Waals surface area contributed by atoms with Gasteiger partial charge in [-0.3, -0.25) is 9.78 Å². The number of rotatable bonds is 7. The lowest BCUT2D eigenvalue weighted by Gasteiger charge is -2.40. The molecule has 1 saturated carbocycles. The highest BCUT2D eigenvalue weighted by Gasteiger charge is 2.44. The Kier molecular flexibility index (Phi) is 6.66. The lowest BCUT2D eigenvalue weighted by molar-refractivity contribution is -0.0263. The summed E-state index contributed by atoms with van der Waals surface area (Å²) in [6, 6.07) is 7.58. The maximum absolute atomic E-state index is 13.4. The average molecular weight is 568 g/mol. The second-order valence-corrected chi connectivity index (χ2v) is 13.1. The van der Waals surface area contributed by atoms with Crippen molar-refractivity contribution < 1.29 is 26.7 Å².